The van der Waals surface area contributed by atoms with Gasteiger partial charge in [0, 0.05) is 0 Å². The molecule has 1 atom stereocenters. The lowest BCUT2D eigenvalue weighted by molar-refractivity contribution is -0.132. The Balaban J connectivity index is 2.14. The molecule has 3 amide bonds. The average Bonchev–Trinajstić information content (AvgIpc) is 2.70. The minimum absolute atomic E-state index is 0.202. The zero-order chi connectivity index (χ0) is 17.3. The maximum Gasteiger partial charge on any atom is 0.325 e. The number of ether oxygens (including phenoxy) is 1. The second kappa shape index (κ2) is 6.01. The number of carbonyl (C=O) groups is 2. The molecule has 0 aliphatic carbocycles. The quantitative estimate of drug-likeness (QED) is 0.863. The van der Waals surface area contributed by atoms with Gasteiger partial charge in [-0.3, -0.25) is 9.69 Å². The maximum absolute atomic E-state index is 12.7. The van der Waals surface area contributed by atoms with Crippen LogP contribution in [0.25, 0.3) is 0 Å². The Labute approximate surface area is 136 Å². The van der Waals surface area contributed by atoms with E-state index >= 15 is 0 Å². The highest BCUT2D eigenvalue weighted by atomic mass is 16.5. The highest BCUT2D eigenvalue weighted by Crippen LogP contribution is 2.28. The Bertz CT molecular complexity index is 655. The zero-order valence-corrected chi connectivity index (χ0v) is 13.8. The van der Waals surface area contributed by atoms with E-state index in [0.29, 0.717) is 11.1 Å². The van der Waals surface area contributed by atoms with Crippen molar-refractivity contribution in [3.63, 3.8) is 0 Å². The summed E-state index contributed by atoms with van der Waals surface area (Å²) in [6.45, 7) is 7.90. The highest BCUT2D eigenvalue weighted by Gasteiger charge is 2.48. The number of nitrogens with one attached hydrogen (secondary N) is 1. The number of benzene rings is 1. The number of carbonyl (C=O) groups excluding carboxylic acids is 2. The van der Waals surface area contributed by atoms with Gasteiger partial charge in [-0.25, -0.2) is 4.79 Å². The second-order valence-electron chi connectivity index (χ2n) is 6.66. The van der Waals surface area contributed by atoms with E-state index in [2.05, 4.69) is 5.32 Å². The smallest absolute Gasteiger partial charge is 0.325 e. The lowest BCUT2D eigenvalue weighted by Crippen LogP contribution is -2.41. The van der Waals surface area contributed by atoms with Crippen LogP contribution in [-0.4, -0.2) is 35.6 Å². The first-order valence-electron chi connectivity index (χ1n) is 7.46. The summed E-state index contributed by atoms with van der Waals surface area (Å²) in [7, 11) is 0. The molecule has 2 rings (SSSR count). The molecule has 0 saturated carbocycles. The molecule has 122 valence electrons. The minimum Gasteiger partial charge on any atom is -0.374 e. The van der Waals surface area contributed by atoms with Crippen molar-refractivity contribution >= 4 is 11.9 Å². The van der Waals surface area contributed by atoms with Crippen LogP contribution in [0.15, 0.2) is 24.3 Å². The predicted molar refractivity (Wildman–Crippen MR) is 84.5 cm³/mol. The van der Waals surface area contributed by atoms with Crippen LogP contribution >= 0.6 is 0 Å². The molecule has 0 bridgehead atoms. The molecule has 6 heteroatoms. The largest absolute Gasteiger partial charge is 0.374 e. The first-order valence-corrected chi connectivity index (χ1v) is 7.46. The number of rotatable bonds is 4. The summed E-state index contributed by atoms with van der Waals surface area (Å²) in [6.07, 6.45) is 0. The van der Waals surface area contributed by atoms with E-state index in [-0.39, 0.29) is 24.7 Å². The van der Waals surface area contributed by atoms with Gasteiger partial charge in [-0.05, 0) is 45.4 Å². The molecular weight excluding hydrogens is 294 g/mol. The summed E-state index contributed by atoms with van der Waals surface area (Å²) in [4.78, 5) is 26.0. The summed E-state index contributed by atoms with van der Waals surface area (Å²) >= 11 is 0. The molecule has 6 nitrogen and oxygen atoms in total. The van der Waals surface area contributed by atoms with Crippen molar-refractivity contribution < 1.29 is 14.3 Å². The zero-order valence-electron chi connectivity index (χ0n) is 13.8. The van der Waals surface area contributed by atoms with Crippen molar-refractivity contribution in [3.05, 3.63) is 35.4 Å². The van der Waals surface area contributed by atoms with E-state index < -0.39 is 11.6 Å². The molecular formula is C17H21N3O3. The fourth-order valence-corrected chi connectivity index (χ4v) is 2.42. The fraction of sp³-hybridized carbons (Fsp3) is 0.471. The Hall–Kier alpha value is -2.39. The fourth-order valence-electron chi connectivity index (χ4n) is 2.42. The van der Waals surface area contributed by atoms with Gasteiger partial charge in [0.2, 0.25) is 0 Å². The number of nitriles is 1. The molecule has 23 heavy (non-hydrogen) atoms. The predicted octanol–water partition coefficient (Wildman–Crippen LogP) is 2.14. The minimum atomic E-state index is -1.12. The Morgan fingerprint density at radius 3 is 2.39 bits per heavy atom. The molecule has 0 radical (unpaired) electrons. The van der Waals surface area contributed by atoms with E-state index in [1.165, 1.54) is 4.90 Å². The van der Waals surface area contributed by atoms with Crippen molar-refractivity contribution in [2.45, 2.75) is 38.8 Å². The molecule has 0 aromatic heterocycles. The monoisotopic (exact) mass is 315 g/mol. The van der Waals surface area contributed by atoms with Gasteiger partial charge in [0.05, 0.1) is 30.4 Å². The van der Waals surface area contributed by atoms with Gasteiger partial charge in [-0.15, -0.1) is 0 Å². The van der Waals surface area contributed by atoms with Crippen LogP contribution in [0.1, 0.15) is 38.8 Å². The molecule has 1 aromatic rings. The van der Waals surface area contributed by atoms with E-state index in [9.17, 15) is 9.59 Å². The number of hydrogen-bond acceptors (Lipinski definition) is 4. The lowest BCUT2D eigenvalue weighted by Gasteiger charge is -2.23. The Morgan fingerprint density at radius 1 is 1.26 bits per heavy atom. The molecule has 1 N–H and O–H groups in total. The number of nitrogens with zero attached hydrogens (tertiary/aromatic N) is 2. The third-order valence-electron chi connectivity index (χ3n) is 3.72. The van der Waals surface area contributed by atoms with Crippen LogP contribution in [-0.2, 0) is 15.1 Å². The summed E-state index contributed by atoms with van der Waals surface area (Å²) in [6, 6.07) is 8.23. The molecule has 1 aliphatic heterocycles. The average molecular weight is 315 g/mol. The van der Waals surface area contributed by atoms with Crippen LogP contribution in [0.5, 0.6) is 0 Å². The van der Waals surface area contributed by atoms with Crippen LogP contribution in [0.3, 0.4) is 0 Å². The van der Waals surface area contributed by atoms with Gasteiger partial charge in [0.1, 0.15) is 5.54 Å². The molecule has 1 aromatic carbocycles. The van der Waals surface area contributed by atoms with Gasteiger partial charge < -0.3 is 10.1 Å². The second-order valence-corrected chi connectivity index (χ2v) is 6.66. The van der Waals surface area contributed by atoms with Crippen molar-refractivity contribution in [3.8, 4) is 6.07 Å². The molecule has 0 spiro atoms. The van der Waals surface area contributed by atoms with Crippen molar-refractivity contribution in [1.82, 2.24) is 10.2 Å². The molecule has 1 fully saturated rings. The van der Waals surface area contributed by atoms with Crippen LogP contribution in [0.2, 0.25) is 0 Å². The number of amides is 3. The molecule has 1 aliphatic rings. The molecule has 1 saturated heterocycles. The molecule has 0 unspecified atom stereocenters. The third-order valence-corrected chi connectivity index (χ3v) is 3.72. The topological polar surface area (TPSA) is 82.4 Å². The lowest BCUT2D eigenvalue weighted by atomic mass is 9.91. The first-order chi connectivity index (χ1) is 10.7. The summed E-state index contributed by atoms with van der Waals surface area (Å²) < 4.78 is 5.58. The van der Waals surface area contributed by atoms with Crippen molar-refractivity contribution in [2.24, 2.45) is 0 Å². The summed E-state index contributed by atoms with van der Waals surface area (Å²) in [5.74, 6) is -0.315. The number of urea groups is 1. The molecule has 1 heterocycles. The van der Waals surface area contributed by atoms with Crippen LogP contribution < -0.4 is 5.32 Å². The normalized spacial score (nSPS) is 21.3. The van der Waals surface area contributed by atoms with Crippen molar-refractivity contribution in [2.75, 3.05) is 13.2 Å². The maximum atomic E-state index is 12.7. The van der Waals surface area contributed by atoms with Crippen LogP contribution in [0.4, 0.5) is 4.79 Å². The SMILES string of the molecule is CC(C)(C)OCCN1C(=O)N[C@](C)(c2ccc(C#N)cc2)C1=O. The van der Waals surface area contributed by atoms with E-state index in [0.717, 1.165) is 0 Å². The van der Waals surface area contributed by atoms with Crippen LogP contribution in [0, 0.1) is 11.3 Å². The van der Waals surface area contributed by atoms with Gasteiger partial charge in [-0.1, -0.05) is 12.1 Å². The van der Waals surface area contributed by atoms with Gasteiger partial charge in [0.15, 0.2) is 0 Å². The van der Waals surface area contributed by atoms with E-state index in [1.54, 1.807) is 31.2 Å². The highest BCUT2D eigenvalue weighted by molar-refractivity contribution is 6.07. The van der Waals surface area contributed by atoms with Gasteiger partial charge in [0.25, 0.3) is 5.91 Å². The van der Waals surface area contributed by atoms with Crippen molar-refractivity contribution in [1.29, 1.82) is 5.26 Å². The van der Waals surface area contributed by atoms with Gasteiger partial charge in [-0.2, -0.15) is 5.26 Å². The van der Waals surface area contributed by atoms with E-state index in [4.69, 9.17) is 10.00 Å². The standard InChI is InChI=1S/C17H21N3O3/c1-16(2,3)23-10-9-20-14(21)17(4,19-15(20)22)13-7-5-12(11-18)6-8-13/h5-8H,9-10H2,1-4H3,(H,19,22)/t17-/m1/s1. The van der Waals surface area contributed by atoms with Gasteiger partial charge >= 0.3 is 6.03 Å². The number of imide groups is 1. The summed E-state index contributed by atoms with van der Waals surface area (Å²) in [5.41, 5.74) is -0.290. The number of hydrogen-bond donors (Lipinski definition) is 1. The van der Waals surface area contributed by atoms with E-state index in [1.807, 2.05) is 26.8 Å². The third kappa shape index (κ3) is 3.51. The summed E-state index contributed by atoms with van der Waals surface area (Å²) in [5, 5.41) is 11.6. The first kappa shape index (κ1) is 17.0. The Kier molecular flexibility index (Phi) is 4.44. The Morgan fingerprint density at radius 2 is 1.87 bits per heavy atom.